The number of aryl methyl sites for hydroxylation is 3. The molecule has 0 saturated carbocycles. The normalized spacial score (nSPS) is 11.9. The van der Waals surface area contributed by atoms with Crippen molar-refractivity contribution in [1.29, 1.82) is 0 Å². The predicted octanol–water partition coefficient (Wildman–Crippen LogP) is 2.42. The molecule has 0 radical (unpaired) electrons. The Hall–Kier alpha value is -2.37. The van der Waals surface area contributed by atoms with Crippen LogP contribution in [0.4, 0.5) is 4.79 Å². The lowest BCUT2D eigenvalue weighted by atomic mass is 9.98. The average molecular weight is 334 g/mol. The molecule has 0 bridgehead atoms. The number of ketones is 1. The van der Waals surface area contributed by atoms with Gasteiger partial charge in [0.05, 0.1) is 0 Å². The minimum atomic E-state index is -0.851. The molecule has 0 heterocycles. The topological polar surface area (TPSA) is 98.5 Å². The second-order valence-corrected chi connectivity index (χ2v) is 6.47. The summed E-state index contributed by atoms with van der Waals surface area (Å²) in [7, 11) is 0. The van der Waals surface area contributed by atoms with Gasteiger partial charge < -0.3 is 15.8 Å². The molecule has 0 aliphatic heterocycles. The highest BCUT2D eigenvalue weighted by atomic mass is 16.5. The van der Waals surface area contributed by atoms with E-state index in [1.807, 2.05) is 40.7 Å². The Morgan fingerprint density at radius 1 is 1.08 bits per heavy atom. The number of carbonyl (C=O) groups is 3. The zero-order valence-corrected chi connectivity index (χ0v) is 14.9. The van der Waals surface area contributed by atoms with E-state index in [0.29, 0.717) is 12.0 Å². The molecule has 132 valence electrons. The van der Waals surface area contributed by atoms with Gasteiger partial charge in [0.25, 0.3) is 0 Å². The molecule has 3 N–H and O–H groups in total. The number of benzene rings is 1. The second-order valence-electron chi connectivity index (χ2n) is 6.47. The third-order valence-electron chi connectivity index (χ3n) is 3.79. The van der Waals surface area contributed by atoms with Crippen molar-refractivity contribution < 1.29 is 19.1 Å². The summed E-state index contributed by atoms with van der Waals surface area (Å²) in [5, 5.41) is 2.36. The first-order valence-corrected chi connectivity index (χ1v) is 7.95. The lowest BCUT2D eigenvalue weighted by Crippen LogP contribution is -2.45. The van der Waals surface area contributed by atoms with Crippen LogP contribution in [-0.4, -0.2) is 30.4 Å². The smallest absolute Gasteiger partial charge is 0.329 e. The summed E-state index contributed by atoms with van der Waals surface area (Å²) >= 11 is 0. The van der Waals surface area contributed by atoms with E-state index < -0.39 is 18.0 Å². The molecule has 6 heteroatoms. The van der Waals surface area contributed by atoms with Gasteiger partial charge in [-0.15, -0.1) is 0 Å². The molecule has 0 unspecified atom stereocenters. The molecule has 1 rings (SSSR count). The van der Waals surface area contributed by atoms with Crippen molar-refractivity contribution in [3.05, 3.63) is 34.4 Å². The molecule has 0 aromatic heterocycles. The lowest BCUT2D eigenvalue weighted by Gasteiger charge is -2.18. The van der Waals surface area contributed by atoms with Gasteiger partial charge in [-0.25, -0.2) is 9.59 Å². The van der Waals surface area contributed by atoms with Crippen LogP contribution < -0.4 is 11.1 Å². The van der Waals surface area contributed by atoms with Crippen LogP contribution in [0.3, 0.4) is 0 Å². The van der Waals surface area contributed by atoms with Gasteiger partial charge in [-0.3, -0.25) is 4.79 Å². The van der Waals surface area contributed by atoms with Crippen LogP contribution >= 0.6 is 0 Å². The van der Waals surface area contributed by atoms with E-state index in [4.69, 9.17) is 10.5 Å². The van der Waals surface area contributed by atoms with Crippen LogP contribution in [0.5, 0.6) is 0 Å². The third-order valence-corrected chi connectivity index (χ3v) is 3.79. The van der Waals surface area contributed by atoms with Gasteiger partial charge in [0.15, 0.2) is 6.61 Å². The fourth-order valence-corrected chi connectivity index (χ4v) is 2.43. The van der Waals surface area contributed by atoms with Crippen LogP contribution in [0.2, 0.25) is 0 Å². The van der Waals surface area contributed by atoms with E-state index in [1.165, 1.54) is 0 Å². The largest absolute Gasteiger partial charge is 0.456 e. The third kappa shape index (κ3) is 5.68. The zero-order valence-electron chi connectivity index (χ0n) is 14.9. The summed E-state index contributed by atoms with van der Waals surface area (Å²) in [4.78, 5) is 35.4. The van der Waals surface area contributed by atoms with E-state index >= 15 is 0 Å². The van der Waals surface area contributed by atoms with Gasteiger partial charge in [0.1, 0.15) is 6.04 Å². The summed E-state index contributed by atoms with van der Waals surface area (Å²) in [6.07, 6.45) is 0.388. The monoisotopic (exact) mass is 334 g/mol. The van der Waals surface area contributed by atoms with Crippen LogP contribution in [0.15, 0.2) is 12.1 Å². The van der Waals surface area contributed by atoms with E-state index in [1.54, 1.807) is 6.07 Å². The van der Waals surface area contributed by atoms with Crippen molar-refractivity contribution in [2.45, 2.75) is 47.1 Å². The SMILES string of the molecule is Cc1cc(C)c(C(=O)COC(=O)[C@H](CC(C)C)NC(N)=O)cc1C. The molecule has 2 amide bonds. The van der Waals surface area contributed by atoms with E-state index in [2.05, 4.69) is 5.32 Å². The molecule has 0 fully saturated rings. The minimum Gasteiger partial charge on any atom is -0.456 e. The minimum absolute atomic E-state index is 0.159. The molecule has 1 atom stereocenters. The number of esters is 1. The molecule has 6 nitrogen and oxygen atoms in total. The Morgan fingerprint density at radius 3 is 2.21 bits per heavy atom. The summed E-state index contributed by atoms with van der Waals surface area (Å²) in [5.74, 6) is -0.768. The number of primary amides is 1. The summed E-state index contributed by atoms with van der Waals surface area (Å²) in [6.45, 7) is 9.20. The first-order chi connectivity index (χ1) is 11.1. The van der Waals surface area contributed by atoms with Crippen LogP contribution in [-0.2, 0) is 9.53 Å². The van der Waals surface area contributed by atoms with Crippen molar-refractivity contribution in [3.63, 3.8) is 0 Å². The summed E-state index contributed by atoms with van der Waals surface area (Å²) in [5.41, 5.74) is 8.56. The number of nitrogens with one attached hydrogen (secondary N) is 1. The fraction of sp³-hybridized carbons (Fsp3) is 0.500. The van der Waals surface area contributed by atoms with Gasteiger partial charge in [0.2, 0.25) is 5.78 Å². The zero-order chi connectivity index (χ0) is 18.4. The number of amides is 2. The van der Waals surface area contributed by atoms with E-state index in [-0.39, 0.29) is 18.3 Å². The Labute approximate surface area is 142 Å². The first-order valence-electron chi connectivity index (χ1n) is 7.95. The quantitative estimate of drug-likeness (QED) is 0.591. The molecular weight excluding hydrogens is 308 g/mol. The van der Waals surface area contributed by atoms with E-state index in [9.17, 15) is 14.4 Å². The summed E-state index contributed by atoms with van der Waals surface area (Å²) < 4.78 is 5.09. The number of rotatable bonds is 7. The lowest BCUT2D eigenvalue weighted by molar-refractivity contribution is -0.145. The Bertz CT molecular complexity index is 638. The van der Waals surface area contributed by atoms with Gasteiger partial charge >= 0.3 is 12.0 Å². The predicted molar refractivity (Wildman–Crippen MR) is 91.9 cm³/mol. The molecule has 0 aliphatic carbocycles. The average Bonchev–Trinajstić information content (AvgIpc) is 2.46. The highest BCUT2D eigenvalue weighted by Gasteiger charge is 2.23. The maximum Gasteiger partial charge on any atom is 0.329 e. The van der Waals surface area contributed by atoms with Gasteiger partial charge in [-0.05, 0) is 55.9 Å². The van der Waals surface area contributed by atoms with Gasteiger partial charge in [-0.1, -0.05) is 19.9 Å². The molecular formula is C18H26N2O4. The number of ether oxygens (including phenoxy) is 1. The van der Waals surface area contributed by atoms with Gasteiger partial charge in [0, 0.05) is 5.56 Å². The standard InChI is InChI=1S/C18H26N2O4/c1-10(2)6-15(20-18(19)23)17(22)24-9-16(21)14-8-12(4)11(3)7-13(14)5/h7-8,10,15H,6,9H2,1-5H3,(H3,19,20,23)/t15-/m0/s1. The Balaban J connectivity index is 2.75. The molecule has 1 aromatic rings. The molecule has 0 aliphatic rings. The molecule has 0 spiro atoms. The number of hydrogen-bond donors (Lipinski definition) is 2. The van der Waals surface area contributed by atoms with Crippen molar-refractivity contribution in [2.75, 3.05) is 6.61 Å². The maximum absolute atomic E-state index is 12.3. The van der Waals surface area contributed by atoms with Crippen LogP contribution in [0.1, 0.15) is 47.3 Å². The number of urea groups is 1. The van der Waals surface area contributed by atoms with Crippen LogP contribution in [0.25, 0.3) is 0 Å². The summed E-state index contributed by atoms with van der Waals surface area (Å²) in [6, 6.07) is 2.08. The van der Waals surface area contributed by atoms with Crippen LogP contribution in [0, 0.1) is 26.7 Å². The first kappa shape index (κ1) is 19.7. The molecule has 24 heavy (non-hydrogen) atoms. The van der Waals surface area contributed by atoms with Gasteiger partial charge in [-0.2, -0.15) is 0 Å². The van der Waals surface area contributed by atoms with Crippen molar-refractivity contribution in [3.8, 4) is 0 Å². The van der Waals surface area contributed by atoms with E-state index in [0.717, 1.165) is 16.7 Å². The number of Topliss-reactive ketones (excluding diaryl/α,β-unsaturated/α-hetero) is 1. The Kier molecular flexibility index (Phi) is 6.95. The van der Waals surface area contributed by atoms with Crippen molar-refractivity contribution in [2.24, 2.45) is 11.7 Å². The molecule has 1 aromatic carbocycles. The highest BCUT2D eigenvalue weighted by molar-refractivity contribution is 5.99. The highest BCUT2D eigenvalue weighted by Crippen LogP contribution is 2.16. The fourth-order valence-electron chi connectivity index (χ4n) is 2.43. The van der Waals surface area contributed by atoms with Crippen molar-refractivity contribution >= 4 is 17.8 Å². The van der Waals surface area contributed by atoms with Crippen molar-refractivity contribution in [1.82, 2.24) is 5.32 Å². The number of carbonyl (C=O) groups excluding carboxylic acids is 3. The molecule has 0 saturated heterocycles. The second kappa shape index (κ2) is 8.47. The Morgan fingerprint density at radius 2 is 1.67 bits per heavy atom. The maximum atomic E-state index is 12.3. The number of hydrogen-bond acceptors (Lipinski definition) is 4. The number of nitrogens with two attached hydrogens (primary N) is 1.